The Bertz CT molecular complexity index is 1290. The number of aromatic amines is 1. The van der Waals surface area contributed by atoms with Crippen LogP contribution in [0.4, 0.5) is 5.13 Å². The summed E-state index contributed by atoms with van der Waals surface area (Å²) in [6, 6.07) is 15.5. The summed E-state index contributed by atoms with van der Waals surface area (Å²) in [5.74, 6) is -0.455. The fourth-order valence-electron chi connectivity index (χ4n) is 3.84. The number of amides is 1. The highest BCUT2D eigenvalue weighted by Crippen LogP contribution is 2.29. The van der Waals surface area contributed by atoms with Crippen molar-refractivity contribution in [2.75, 3.05) is 5.32 Å². The number of pyridine rings is 1. The maximum Gasteiger partial charge on any atom is 0.263 e. The molecule has 0 radical (unpaired) electrons. The molecule has 2 N–H and O–H groups in total. The number of anilines is 1. The predicted molar refractivity (Wildman–Crippen MR) is 117 cm³/mol. The van der Waals surface area contributed by atoms with Crippen molar-refractivity contribution < 1.29 is 4.79 Å². The van der Waals surface area contributed by atoms with E-state index in [4.69, 9.17) is 0 Å². The molecule has 2 heterocycles. The number of aromatic nitrogens is 2. The van der Waals surface area contributed by atoms with Crippen LogP contribution in [-0.4, -0.2) is 15.9 Å². The number of carbonyl (C=O) groups excluding carboxylic acids is 1. The van der Waals surface area contributed by atoms with Crippen molar-refractivity contribution in [1.29, 1.82) is 0 Å². The summed E-state index contributed by atoms with van der Waals surface area (Å²) >= 11 is 1.36. The number of carbonyl (C=O) groups is 1. The molecular formula is C23H19N3O2S. The summed E-state index contributed by atoms with van der Waals surface area (Å²) in [5.41, 5.74) is 5.10. The summed E-state index contributed by atoms with van der Waals surface area (Å²) in [6.45, 7) is 0. The topological polar surface area (TPSA) is 74.8 Å². The lowest BCUT2D eigenvalue weighted by atomic mass is 9.90. The van der Waals surface area contributed by atoms with Gasteiger partial charge in [-0.25, -0.2) is 4.98 Å². The van der Waals surface area contributed by atoms with Crippen LogP contribution in [0.3, 0.4) is 0 Å². The third kappa shape index (κ3) is 3.47. The van der Waals surface area contributed by atoms with Crippen LogP contribution in [0.1, 0.15) is 34.3 Å². The SMILES string of the molecule is O=C(Nc1nc(-c2ccc3c(c2)CCCC3)cs1)c1cc2ccccc2[nH]c1=O. The lowest BCUT2D eigenvalue weighted by molar-refractivity contribution is 0.102. The molecule has 29 heavy (non-hydrogen) atoms. The van der Waals surface area contributed by atoms with Gasteiger partial charge in [-0.2, -0.15) is 0 Å². The minimum atomic E-state index is -0.455. The van der Waals surface area contributed by atoms with Gasteiger partial charge >= 0.3 is 0 Å². The van der Waals surface area contributed by atoms with Crippen molar-refractivity contribution in [2.24, 2.45) is 0 Å². The van der Waals surface area contributed by atoms with Gasteiger partial charge in [0.15, 0.2) is 5.13 Å². The van der Waals surface area contributed by atoms with Gasteiger partial charge in [-0.05, 0) is 60.4 Å². The second-order valence-electron chi connectivity index (χ2n) is 7.28. The van der Waals surface area contributed by atoms with E-state index in [0.29, 0.717) is 10.6 Å². The normalized spacial score (nSPS) is 13.2. The molecule has 2 aromatic heterocycles. The molecule has 1 amide bonds. The minimum Gasteiger partial charge on any atom is -0.321 e. The Morgan fingerprint density at radius 1 is 1.03 bits per heavy atom. The monoisotopic (exact) mass is 401 g/mol. The zero-order valence-electron chi connectivity index (χ0n) is 15.7. The first kappa shape index (κ1) is 17.8. The van der Waals surface area contributed by atoms with Crippen LogP contribution in [0, 0.1) is 0 Å². The lowest BCUT2D eigenvalue weighted by Crippen LogP contribution is -2.22. The predicted octanol–water partition coefficient (Wildman–Crippen LogP) is 4.78. The lowest BCUT2D eigenvalue weighted by Gasteiger charge is -2.16. The quantitative estimate of drug-likeness (QED) is 0.519. The number of H-pyrrole nitrogens is 1. The third-order valence-corrected chi connectivity index (χ3v) is 6.12. The molecule has 0 saturated carbocycles. The first-order chi connectivity index (χ1) is 14.2. The van der Waals surface area contributed by atoms with Gasteiger partial charge in [-0.1, -0.05) is 30.3 Å². The molecule has 4 aromatic rings. The van der Waals surface area contributed by atoms with Gasteiger partial charge in [0.05, 0.1) is 5.69 Å². The Morgan fingerprint density at radius 3 is 2.76 bits per heavy atom. The van der Waals surface area contributed by atoms with E-state index in [1.165, 1.54) is 35.3 Å². The van der Waals surface area contributed by atoms with Crippen LogP contribution < -0.4 is 10.9 Å². The van der Waals surface area contributed by atoms with Gasteiger partial charge < -0.3 is 4.98 Å². The number of aryl methyl sites for hydroxylation is 2. The zero-order valence-corrected chi connectivity index (χ0v) is 16.5. The van der Waals surface area contributed by atoms with Crippen molar-refractivity contribution >= 4 is 33.3 Å². The van der Waals surface area contributed by atoms with Crippen LogP contribution >= 0.6 is 11.3 Å². The average Bonchev–Trinajstić information content (AvgIpc) is 3.21. The Morgan fingerprint density at radius 2 is 1.86 bits per heavy atom. The Labute approximate surface area is 171 Å². The molecule has 2 aromatic carbocycles. The number of rotatable bonds is 3. The van der Waals surface area contributed by atoms with Gasteiger partial charge in [0.2, 0.25) is 0 Å². The first-order valence-electron chi connectivity index (χ1n) is 9.68. The number of benzene rings is 2. The number of nitrogens with one attached hydrogen (secondary N) is 2. The summed E-state index contributed by atoms with van der Waals surface area (Å²) in [5, 5.41) is 5.99. The largest absolute Gasteiger partial charge is 0.321 e. The summed E-state index contributed by atoms with van der Waals surface area (Å²) in [4.78, 5) is 32.3. The van der Waals surface area contributed by atoms with E-state index < -0.39 is 11.5 Å². The van der Waals surface area contributed by atoms with Crippen LogP contribution in [0.5, 0.6) is 0 Å². The van der Waals surface area contributed by atoms with Crippen molar-refractivity contribution in [3.8, 4) is 11.3 Å². The average molecular weight is 401 g/mol. The minimum absolute atomic E-state index is 0.0780. The molecule has 1 aliphatic carbocycles. The van der Waals surface area contributed by atoms with E-state index in [1.807, 2.05) is 29.6 Å². The van der Waals surface area contributed by atoms with Crippen LogP contribution in [0.25, 0.3) is 22.2 Å². The second-order valence-corrected chi connectivity index (χ2v) is 8.14. The fraction of sp³-hybridized carbons (Fsp3) is 0.174. The van der Waals surface area contributed by atoms with Gasteiger partial charge in [0.25, 0.3) is 11.5 Å². The Balaban J connectivity index is 1.39. The Kier molecular flexibility index (Phi) is 4.48. The van der Waals surface area contributed by atoms with Crippen LogP contribution in [0.15, 0.2) is 58.7 Å². The number of hydrogen-bond acceptors (Lipinski definition) is 4. The standard InChI is InChI=1S/C23H19N3O2S/c27-21-18(12-16-7-3-4-8-19(16)24-21)22(28)26-23-25-20(13-29-23)17-10-9-14-5-1-2-6-15(14)11-17/h3-4,7-13H,1-2,5-6H2,(H,24,27)(H,25,26,28). The zero-order chi connectivity index (χ0) is 19.8. The Hall–Kier alpha value is -3.25. The van der Waals surface area contributed by atoms with Crippen molar-refractivity contribution in [1.82, 2.24) is 9.97 Å². The van der Waals surface area contributed by atoms with Gasteiger partial charge in [-0.15, -0.1) is 11.3 Å². The molecule has 0 spiro atoms. The molecule has 6 heteroatoms. The van der Waals surface area contributed by atoms with Gasteiger partial charge in [0.1, 0.15) is 5.56 Å². The van der Waals surface area contributed by atoms with Crippen molar-refractivity contribution in [2.45, 2.75) is 25.7 Å². The number of nitrogens with zero attached hydrogens (tertiary/aromatic N) is 1. The number of fused-ring (bicyclic) bond motifs is 2. The van der Waals surface area contributed by atoms with Gasteiger partial charge in [0, 0.05) is 16.5 Å². The van der Waals surface area contributed by atoms with Crippen molar-refractivity contribution in [3.05, 3.63) is 81.0 Å². The molecule has 0 bridgehead atoms. The summed E-state index contributed by atoms with van der Waals surface area (Å²) in [7, 11) is 0. The molecule has 0 saturated heterocycles. The highest BCUT2D eigenvalue weighted by Gasteiger charge is 2.15. The first-order valence-corrected chi connectivity index (χ1v) is 10.6. The summed E-state index contributed by atoms with van der Waals surface area (Å²) < 4.78 is 0. The highest BCUT2D eigenvalue weighted by molar-refractivity contribution is 7.14. The maximum atomic E-state index is 12.7. The third-order valence-electron chi connectivity index (χ3n) is 5.37. The molecule has 0 aliphatic heterocycles. The molecule has 0 fully saturated rings. The number of para-hydroxylation sites is 1. The maximum absolute atomic E-state index is 12.7. The second kappa shape index (κ2) is 7.29. The summed E-state index contributed by atoms with van der Waals surface area (Å²) in [6.07, 6.45) is 4.75. The van der Waals surface area contributed by atoms with Gasteiger partial charge in [-0.3, -0.25) is 14.9 Å². The van der Waals surface area contributed by atoms with Crippen LogP contribution in [-0.2, 0) is 12.8 Å². The van der Waals surface area contributed by atoms with E-state index in [2.05, 4.69) is 33.5 Å². The van der Waals surface area contributed by atoms with E-state index in [-0.39, 0.29) is 5.56 Å². The molecular weight excluding hydrogens is 382 g/mol. The van der Waals surface area contributed by atoms with E-state index in [9.17, 15) is 9.59 Å². The van der Waals surface area contributed by atoms with E-state index >= 15 is 0 Å². The smallest absolute Gasteiger partial charge is 0.263 e. The molecule has 5 nitrogen and oxygen atoms in total. The molecule has 1 aliphatic rings. The van der Waals surface area contributed by atoms with E-state index in [1.54, 1.807) is 6.07 Å². The fourth-order valence-corrected chi connectivity index (χ4v) is 4.55. The molecule has 0 atom stereocenters. The number of hydrogen-bond donors (Lipinski definition) is 2. The van der Waals surface area contributed by atoms with Crippen molar-refractivity contribution in [3.63, 3.8) is 0 Å². The molecule has 144 valence electrons. The van der Waals surface area contributed by atoms with Crippen LogP contribution in [0.2, 0.25) is 0 Å². The molecule has 0 unspecified atom stereocenters. The molecule has 5 rings (SSSR count). The highest BCUT2D eigenvalue weighted by atomic mass is 32.1. The van der Waals surface area contributed by atoms with E-state index in [0.717, 1.165) is 29.5 Å². The number of thiazole rings is 1.